The van der Waals surface area contributed by atoms with Crippen LogP contribution in [0.1, 0.15) is 29.2 Å². The van der Waals surface area contributed by atoms with Gasteiger partial charge in [0, 0.05) is 32.0 Å². The van der Waals surface area contributed by atoms with Gasteiger partial charge >= 0.3 is 11.8 Å². The summed E-state index contributed by atoms with van der Waals surface area (Å²) in [5, 5.41) is 1.47. The minimum absolute atomic E-state index is 0.159. The number of amides is 2. The molecule has 1 N–H and O–H groups in total. The highest BCUT2D eigenvalue weighted by molar-refractivity contribution is 7.91. The van der Waals surface area contributed by atoms with Gasteiger partial charge in [0.15, 0.2) is 9.84 Å². The van der Waals surface area contributed by atoms with Crippen LogP contribution in [0.2, 0.25) is 0 Å². The monoisotopic (exact) mass is 401 g/mol. The van der Waals surface area contributed by atoms with Gasteiger partial charge in [-0.05, 0) is 43.5 Å². The van der Waals surface area contributed by atoms with Crippen molar-refractivity contribution >= 4 is 21.7 Å². The van der Waals surface area contributed by atoms with Gasteiger partial charge in [-0.2, -0.15) is 0 Å². The Labute approximate surface area is 164 Å². The van der Waals surface area contributed by atoms with Crippen molar-refractivity contribution in [2.45, 2.75) is 29.9 Å². The van der Waals surface area contributed by atoms with Gasteiger partial charge in [-0.25, -0.2) is 8.42 Å². The molecule has 2 aromatic rings. The molecular formula is C20H23N3O4S. The molecule has 148 valence electrons. The molecule has 7 nitrogen and oxygen atoms in total. The number of sulfone groups is 1. The molecule has 3 rings (SSSR count). The van der Waals surface area contributed by atoms with Crippen LogP contribution in [0.5, 0.6) is 0 Å². The van der Waals surface area contributed by atoms with E-state index in [1.54, 1.807) is 42.6 Å². The molecule has 1 aliphatic heterocycles. The summed E-state index contributed by atoms with van der Waals surface area (Å²) in [5.74, 6) is -1.40. The third kappa shape index (κ3) is 4.39. The molecule has 1 atom stereocenters. The van der Waals surface area contributed by atoms with Crippen molar-refractivity contribution in [2.75, 3.05) is 19.6 Å². The second-order valence-electron chi connectivity index (χ2n) is 6.84. The third-order valence-electron chi connectivity index (χ3n) is 4.82. The molecular weight excluding hydrogens is 378 g/mol. The molecule has 0 spiro atoms. The van der Waals surface area contributed by atoms with Crippen LogP contribution in [0.15, 0.2) is 53.7 Å². The fraction of sp³-hybridized carbons (Fsp3) is 0.350. The largest absolute Gasteiger partial charge is 0.346 e. The number of pyridine rings is 1. The fourth-order valence-corrected chi connectivity index (χ4v) is 4.83. The van der Waals surface area contributed by atoms with E-state index < -0.39 is 26.9 Å². The summed E-state index contributed by atoms with van der Waals surface area (Å²) in [6.45, 7) is 2.78. The molecule has 1 aromatic carbocycles. The third-order valence-corrected chi connectivity index (χ3v) is 6.93. The van der Waals surface area contributed by atoms with Crippen LogP contribution in [-0.4, -0.2) is 49.8 Å². The van der Waals surface area contributed by atoms with Crippen molar-refractivity contribution in [2.24, 2.45) is 0 Å². The number of aryl methyl sites for hydroxylation is 1. The fourth-order valence-electron chi connectivity index (χ4n) is 3.19. The maximum Gasteiger partial charge on any atom is 0.311 e. The van der Waals surface area contributed by atoms with Crippen LogP contribution in [0, 0.1) is 6.92 Å². The smallest absolute Gasteiger partial charge is 0.311 e. The van der Waals surface area contributed by atoms with Gasteiger partial charge in [0.2, 0.25) is 0 Å². The molecule has 1 fully saturated rings. The highest BCUT2D eigenvalue weighted by Gasteiger charge is 2.31. The van der Waals surface area contributed by atoms with Crippen LogP contribution in [0.25, 0.3) is 0 Å². The minimum atomic E-state index is -3.79. The highest BCUT2D eigenvalue weighted by Crippen LogP contribution is 2.28. The lowest BCUT2D eigenvalue weighted by molar-refractivity contribution is -0.145. The van der Waals surface area contributed by atoms with Crippen molar-refractivity contribution < 1.29 is 18.0 Å². The second-order valence-corrected chi connectivity index (χ2v) is 8.97. The maximum absolute atomic E-state index is 13.2. The lowest BCUT2D eigenvalue weighted by Gasteiger charge is -2.20. The summed E-state index contributed by atoms with van der Waals surface area (Å²) < 4.78 is 26.4. The molecule has 2 heterocycles. The number of likely N-dealkylation sites (tertiary alicyclic amines) is 1. The quantitative estimate of drug-likeness (QED) is 0.769. The normalized spacial score (nSPS) is 15.2. The van der Waals surface area contributed by atoms with E-state index in [1.807, 2.05) is 6.92 Å². The van der Waals surface area contributed by atoms with Gasteiger partial charge in [-0.15, -0.1) is 0 Å². The Bertz CT molecular complexity index is 937. The zero-order valence-electron chi connectivity index (χ0n) is 15.7. The Morgan fingerprint density at radius 1 is 1.14 bits per heavy atom. The zero-order chi connectivity index (χ0) is 20.1. The number of carbonyl (C=O) groups is 2. The van der Waals surface area contributed by atoms with Crippen LogP contribution >= 0.6 is 0 Å². The van der Waals surface area contributed by atoms with Crippen molar-refractivity contribution in [3.8, 4) is 0 Å². The average molecular weight is 401 g/mol. The predicted molar refractivity (Wildman–Crippen MR) is 104 cm³/mol. The first-order valence-electron chi connectivity index (χ1n) is 9.17. The van der Waals surface area contributed by atoms with Gasteiger partial charge in [0.25, 0.3) is 0 Å². The maximum atomic E-state index is 13.2. The molecule has 1 aliphatic rings. The Morgan fingerprint density at radius 3 is 2.43 bits per heavy atom. The van der Waals surface area contributed by atoms with E-state index in [-0.39, 0.29) is 11.4 Å². The Morgan fingerprint density at radius 2 is 1.82 bits per heavy atom. The predicted octanol–water partition coefficient (Wildman–Crippen LogP) is 1.64. The number of aromatic nitrogens is 1. The summed E-state index contributed by atoms with van der Waals surface area (Å²) in [4.78, 5) is 30.1. The molecule has 8 heteroatoms. The van der Waals surface area contributed by atoms with E-state index in [4.69, 9.17) is 0 Å². The van der Waals surface area contributed by atoms with Gasteiger partial charge in [0.05, 0.1) is 4.90 Å². The molecule has 2 amide bonds. The van der Waals surface area contributed by atoms with E-state index in [0.717, 1.165) is 18.4 Å². The van der Waals surface area contributed by atoms with Crippen LogP contribution in [-0.2, 0) is 19.4 Å². The summed E-state index contributed by atoms with van der Waals surface area (Å²) in [7, 11) is -3.79. The highest BCUT2D eigenvalue weighted by atomic mass is 32.2. The Balaban J connectivity index is 1.82. The first-order valence-corrected chi connectivity index (χ1v) is 10.7. The van der Waals surface area contributed by atoms with E-state index in [2.05, 4.69) is 10.3 Å². The number of benzene rings is 1. The molecule has 0 bridgehead atoms. The first kappa shape index (κ1) is 20.0. The summed E-state index contributed by atoms with van der Waals surface area (Å²) in [5.41, 5.74) is 1.40. The average Bonchev–Trinajstić information content (AvgIpc) is 3.23. The van der Waals surface area contributed by atoms with Crippen molar-refractivity contribution in [1.82, 2.24) is 15.2 Å². The van der Waals surface area contributed by atoms with E-state index in [0.29, 0.717) is 18.7 Å². The van der Waals surface area contributed by atoms with Gasteiger partial charge in [-0.3, -0.25) is 14.6 Å². The molecule has 1 saturated heterocycles. The van der Waals surface area contributed by atoms with E-state index in [1.165, 1.54) is 11.1 Å². The van der Waals surface area contributed by atoms with Gasteiger partial charge < -0.3 is 10.2 Å². The number of rotatable bonds is 5. The van der Waals surface area contributed by atoms with Gasteiger partial charge in [-0.1, -0.05) is 23.8 Å². The molecule has 28 heavy (non-hydrogen) atoms. The number of nitrogens with zero attached hydrogens (tertiary/aromatic N) is 2. The molecule has 0 radical (unpaired) electrons. The van der Waals surface area contributed by atoms with Crippen molar-refractivity contribution in [1.29, 1.82) is 0 Å². The Hall–Kier alpha value is -2.74. The zero-order valence-corrected chi connectivity index (χ0v) is 16.5. The number of hydrogen-bond acceptors (Lipinski definition) is 5. The molecule has 0 saturated carbocycles. The SMILES string of the molecule is Cc1ccc(S(=O)(=O)[C@@H](CNC(=O)C(=O)N2CCCC2)c2cccnc2)cc1. The summed E-state index contributed by atoms with van der Waals surface area (Å²) in [6, 6.07) is 9.84. The van der Waals surface area contributed by atoms with E-state index >= 15 is 0 Å². The standard InChI is InChI=1S/C20H23N3O4S/c1-15-6-8-17(9-7-15)28(26,27)18(16-5-4-10-21-13-16)14-22-19(24)20(25)23-11-2-3-12-23/h4-10,13,18H,2-3,11-12,14H2,1H3,(H,22,24)/t18-/m0/s1. The summed E-state index contributed by atoms with van der Waals surface area (Å²) in [6.07, 6.45) is 4.76. The Kier molecular flexibility index (Phi) is 6.08. The van der Waals surface area contributed by atoms with Crippen LogP contribution in [0.3, 0.4) is 0 Å². The lowest BCUT2D eigenvalue weighted by atomic mass is 10.2. The minimum Gasteiger partial charge on any atom is -0.346 e. The first-order chi connectivity index (χ1) is 13.4. The topological polar surface area (TPSA) is 96.4 Å². The second kappa shape index (κ2) is 8.52. The summed E-state index contributed by atoms with van der Waals surface area (Å²) >= 11 is 0. The molecule has 0 aliphatic carbocycles. The van der Waals surface area contributed by atoms with Crippen molar-refractivity contribution in [3.63, 3.8) is 0 Å². The van der Waals surface area contributed by atoms with Crippen LogP contribution in [0.4, 0.5) is 0 Å². The number of hydrogen-bond donors (Lipinski definition) is 1. The van der Waals surface area contributed by atoms with Crippen LogP contribution < -0.4 is 5.32 Å². The van der Waals surface area contributed by atoms with Gasteiger partial charge in [0.1, 0.15) is 5.25 Å². The molecule has 0 unspecified atom stereocenters. The molecule has 1 aromatic heterocycles. The number of nitrogens with one attached hydrogen (secondary N) is 1. The van der Waals surface area contributed by atoms with E-state index in [9.17, 15) is 18.0 Å². The number of carbonyl (C=O) groups excluding carboxylic acids is 2. The lowest BCUT2D eigenvalue weighted by Crippen LogP contribution is -2.43. The van der Waals surface area contributed by atoms with Crippen molar-refractivity contribution in [3.05, 3.63) is 59.9 Å².